The number of carbonyl (C=O) groups is 1. The van der Waals surface area contributed by atoms with Crippen molar-refractivity contribution in [3.63, 3.8) is 0 Å². The van der Waals surface area contributed by atoms with Crippen molar-refractivity contribution in [3.05, 3.63) is 60.2 Å². The van der Waals surface area contributed by atoms with Gasteiger partial charge in [0.15, 0.2) is 10.1 Å². The number of hydrogen-bond acceptors (Lipinski definition) is 7. The molecule has 0 aliphatic rings. The normalized spacial score (nSPS) is 10.4. The lowest BCUT2D eigenvalue weighted by Crippen LogP contribution is -2.04. The highest BCUT2D eigenvalue weighted by Gasteiger charge is 2.13. The summed E-state index contributed by atoms with van der Waals surface area (Å²) in [6, 6.07) is 17.0. The summed E-state index contributed by atoms with van der Waals surface area (Å²) in [5.41, 5.74) is 1.54. The number of nitrogens with zero attached hydrogens (tertiary/aromatic N) is 2. The predicted octanol–water partition coefficient (Wildman–Crippen LogP) is 4.27. The molecule has 0 fully saturated rings. The Hall–Kier alpha value is -2.38. The van der Waals surface area contributed by atoms with Crippen LogP contribution in [-0.4, -0.2) is 28.8 Å². The van der Waals surface area contributed by atoms with Gasteiger partial charge in [-0.3, -0.25) is 4.79 Å². The highest BCUT2D eigenvalue weighted by Crippen LogP contribution is 2.29. The van der Waals surface area contributed by atoms with E-state index in [2.05, 4.69) is 15.5 Å². The summed E-state index contributed by atoms with van der Waals surface area (Å²) < 4.78 is 5.97. The van der Waals surface area contributed by atoms with Crippen molar-refractivity contribution in [3.8, 4) is 5.75 Å². The smallest absolute Gasteiger partial charge is 0.210 e. The quantitative estimate of drug-likeness (QED) is 0.503. The molecule has 0 atom stereocenters. The zero-order valence-corrected chi connectivity index (χ0v) is 14.6. The Bertz CT molecular complexity index is 821. The molecule has 0 radical (unpaired) electrons. The van der Waals surface area contributed by atoms with Crippen LogP contribution >= 0.6 is 23.1 Å². The summed E-state index contributed by atoms with van der Waals surface area (Å²) >= 11 is 2.79. The van der Waals surface area contributed by atoms with E-state index in [9.17, 15) is 4.79 Å². The van der Waals surface area contributed by atoms with Crippen LogP contribution in [0.2, 0.25) is 0 Å². The molecule has 0 saturated carbocycles. The summed E-state index contributed by atoms with van der Waals surface area (Å²) in [6.07, 6.45) is 0. The molecular formula is C17H15N3O2S2. The number of aromatic nitrogens is 2. The highest BCUT2D eigenvalue weighted by atomic mass is 32.2. The van der Waals surface area contributed by atoms with Gasteiger partial charge in [-0.25, -0.2) is 0 Å². The molecule has 3 rings (SSSR count). The molecular weight excluding hydrogens is 342 g/mol. The van der Waals surface area contributed by atoms with Gasteiger partial charge in [0.05, 0.1) is 18.4 Å². The summed E-state index contributed by atoms with van der Waals surface area (Å²) in [6.45, 7) is 0. The minimum Gasteiger partial charge on any atom is -0.496 e. The maximum atomic E-state index is 12.3. The number of carbonyl (C=O) groups excluding carboxylic acids is 1. The first-order chi connectivity index (χ1) is 11.8. The van der Waals surface area contributed by atoms with Crippen molar-refractivity contribution >= 4 is 39.7 Å². The van der Waals surface area contributed by atoms with Gasteiger partial charge in [0.25, 0.3) is 0 Å². The van der Waals surface area contributed by atoms with Crippen LogP contribution < -0.4 is 10.1 Å². The van der Waals surface area contributed by atoms with Crippen molar-refractivity contribution in [2.45, 2.75) is 4.34 Å². The molecule has 0 unspecified atom stereocenters. The van der Waals surface area contributed by atoms with Crippen molar-refractivity contribution in [1.82, 2.24) is 10.2 Å². The second-order valence-electron chi connectivity index (χ2n) is 4.78. The topological polar surface area (TPSA) is 64.1 Å². The number of Topliss-reactive ketones (excluding diaryl/α,β-unsaturated/α-hetero) is 1. The molecule has 7 heteroatoms. The van der Waals surface area contributed by atoms with E-state index in [0.29, 0.717) is 22.2 Å². The van der Waals surface area contributed by atoms with Crippen LogP contribution in [0.4, 0.5) is 10.8 Å². The number of anilines is 2. The van der Waals surface area contributed by atoms with Gasteiger partial charge >= 0.3 is 0 Å². The molecule has 1 heterocycles. The molecule has 0 aliphatic carbocycles. The van der Waals surface area contributed by atoms with Crippen molar-refractivity contribution < 1.29 is 9.53 Å². The molecule has 0 bridgehead atoms. The SMILES string of the molecule is COc1ccccc1C(=O)CSc1nnc(Nc2ccccc2)s1. The molecule has 0 spiro atoms. The van der Waals surface area contributed by atoms with E-state index in [-0.39, 0.29) is 5.78 Å². The van der Waals surface area contributed by atoms with Gasteiger partial charge in [0.1, 0.15) is 5.75 Å². The van der Waals surface area contributed by atoms with E-state index in [0.717, 1.165) is 10.0 Å². The van der Waals surface area contributed by atoms with Gasteiger partial charge < -0.3 is 10.1 Å². The lowest BCUT2D eigenvalue weighted by molar-refractivity contribution is 0.101. The number of nitrogens with one attached hydrogen (secondary N) is 1. The number of methoxy groups -OCH3 is 1. The van der Waals surface area contributed by atoms with E-state index >= 15 is 0 Å². The molecule has 5 nitrogen and oxygen atoms in total. The van der Waals surface area contributed by atoms with Gasteiger partial charge in [-0.2, -0.15) is 0 Å². The predicted molar refractivity (Wildman–Crippen MR) is 97.7 cm³/mol. The first-order valence-corrected chi connectivity index (χ1v) is 9.01. The fourth-order valence-electron chi connectivity index (χ4n) is 2.04. The molecule has 0 aliphatic heterocycles. The van der Waals surface area contributed by atoms with Crippen LogP contribution in [0.5, 0.6) is 5.75 Å². The fourth-order valence-corrected chi connectivity index (χ4v) is 3.70. The van der Waals surface area contributed by atoms with Crippen LogP contribution in [0.1, 0.15) is 10.4 Å². The molecule has 24 heavy (non-hydrogen) atoms. The van der Waals surface area contributed by atoms with Crippen LogP contribution in [0.3, 0.4) is 0 Å². The number of ketones is 1. The second kappa shape index (κ2) is 7.94. The summed E-state index contributed by atoms with van der Waals surface area (Å²) in [5, 5.41) is 12.1. The molecule has 0 amide bonds. The number of ether oxygens (including phenoxy) is 1. The Labute approximate surface area is 148 Å². The molecule has 1 N–H and O–H groups in total. The van der Waals surface area contributed by atoms with E-state index in [1.165, 1.54) is 23.1 Å². The molecule has 3 aromatic rings. The van der Waals surface area contributed by atoms with E-state index < -0.39 is 0 Å². The molecule has 122 valence electrons. The Morgan fingerprint density at radius 3 is 2.67 bits per heavy atom. The van der Waals surface area contributed by atoms with Gasteiger partial charge in [0.2, 0.25) is 5.13 Å². The first-order valence-electron chi connectivity index (χ1n) is 7.21. The Kier molecular flexibility index (Phi) is 5.45. The third-order valence-electron chi connectivity index (χ3n) is 3.17. The lowest BCUT2D eigenvalue weighted by atomic mass is 10.1. The van der Waals surface area contributed by atoms with Crippen molar-refractivity contribution in [1.29, 1.82) is 0 Å². The number of benzene rings is 2. The number of hydrogen-bond donors (Lipinski definition) is 1. The van der Waals surface area contributed by atoms with Gasteiger partial charge in [0, 0.05) is 5.69 Å². The number of para-hydroxylation sites is 2. The standard InChI is InChI=1S/C17H15N3O2S2/c1-22-15-10-6-5-9-13(15)14(21)11-23-17-20-19-16(24-17)18-12-7-3-2-4-8-12/h2-10H,11H2,1H3,(H,18,19). The van der Waals surface area contributed by atoms with Crippen LogP contribution in [0, 0.1) is 0 Å². The molecule has 0 saturated heterocycles. The van der Waals surface area contributed by atoms with Crippen molar-refractivity contribution in [2.75, 3.05) is 18.2 Å². The summed E-state index contributed by atoms with van der Waals surface area (Å²) in [4.78, 5) is 12.3. The highest BCUT2D eigenvalue weighted by molar-refractivity contribution is 8.01. The average molecular weight is 357 g/mol. The number of thioether (sulfide) groups is 1. The maximum absolute atomic E-state index is 12.3. The molecule has 2 aromatic carbocycles. The zero-order chi connectivity index (χ0) is 16.8. The third kappa shape index (κ3) is 4.12. The zero-order valence-electron chi connectivity index (χ0n) is 12.9. The minimum absolute atomic E-state index is 0.00483. The van der Waals surface area contributed by atoms with E-state index in [1.807, 2.05) is 42.5 Å². The van der Waals surface area contributed by atoms with Crippen molar-refractivity contribution in [2.24, 2.45) is 0 Å². The van der Waals surface area contributed by atoms with Gasteiger partial charge in [-0.15, -0.1) is 10.2 Å². The Balaban J connectivity index is 1.60. The monoisotopic (exact) mass is 357 g/mol. The van der Waals surface area contributed by atoms with Crippen LogP contribution in [-0.2, 0) is 0 Å². The summed E-state index contributed by atoms with van der Waals surface area (Å²) in [5.74, 6) is 0.886. The number of rotatable bonds is 7. The maximum Gasteiger partial charge on any atom is 0.210 e. The lowest BCUT2D eigenvalue weighted by Gasteiger charge is -2.05. The minimum atomic E-state index is 0.00483. The Morgan fingerprint density at radius 2 is 1.88 bits per heavy atom. The van der Waals surface area contributed by atoms with Gasteiger partial charge in [-0.1, -0.05) is 53.4 Å². The first kappa shape index (κ1) is 16.5. The Morgan fingerprint density at radius 1 is 1.12 bits per heavy atom. The van der Waals surface area contributed by atoms with E-state index in [4.69, 9.17) is 4.74 Å². The van der Waals surface area contributed by atoms with Crippen LogP contribution in [0.25, 0.3) is 0 Å². The van der Waals surface area contributed by atoms with E-state index in [1.54, 1.807) is 19.2 Å². The fraction of sp³-hybridized carbons (Fsp3) is 0.118. The van der Waals surface area contributed by atoms with Crippen LogP contribution in [0.15, 0.2) is 58.9 Å². The van der Waals surface area contributed by atoms with Gasteiger partial charge in [-0.05, 0) is 24.3 Å². The largest absolute Gasteiger partial charge is 0.496 e. The average Bonchev–Trinajstić information content (AvgIpc) is 3.08. The molecule has 1 aromatic heterocycles. The summed E-state index contributed by atoms with van der Waals surface area (Å²) in [7, 11) is 1.56. The third-order valence-corrected chi connectivity index (χ3v) is 5.14. The second-order valence-corrected chi connectivity index (χ2v) is 6.98.